The molecule has 3 nitrogen and oxygen atoms in total. The summed E-state index contributed by atoms with van der Waals surface area (Å²) >= 11 is 0. The second kappa shape index (κ2) is 74.8. The first-order valence-electron chi connectivity index (χ1n) is 0. The molecule has 0 rings (SSSR count). The van der Waals surface area contributed by atoms with E-state index in [2.05, 4.69) is 0 Å². The van der Waals surface area contributed by atoms with Gasteiger partial charge in [0.2, 0.25) is 0 Å². The van der Waals surface area contributed by atoms with Crippen LogP contribution < -0.4 is 0 Å². The molecule has 0 saturated heterocycles. The molecular formula is H7LiMnO3Ti. The quantitative estimate of drug-likeness (QED) is 0.339. The van der Waals surface area contributed by atoms with Crippen molar-refractivity contribution in [2.45, 2.75) is 0 Å². The Kier molecular flexibility index (Phi) is 1480. The molecule has 6 N–H and O–H groups in total. The summed E-state index contributed by atoms with van der Waals surface area (Å²) in [4.78, 5) is 0. The molecule has 0 aromatic rings. The molecule has 0 atom stereocenters. The molecule has 6 heavy (non-hydrogen) atoms. The van der Waals surface area contributed by atoms with E-state index in [0.29, 0.717) is 0 Å². The predicted octanol–water partition coefficient (Wildman–Crippen LogP) is -3.13. The fourth-order valence-corrected chi connectivity index (χ4v) is 0. The van der Waals surface area contributed by atoms with Gasteiger partial charge in [-0.2, -0.15) is 0 Å². The standard InChI is InChI=1S/Li.Mn.3H2O.Ti.H/h;;3*1H2;;. The van der Waals surface area contributed by atoms with Gasteiger partial charge in [0.05, 0.1) is 0 Å². The van der Waals surface area contributed by atoms with Crippen LogP contribution in [0, 0.1) is 0 Å². The van der Waals surface area contributed by atoms with Crippen molar-refractivity contribution in [1.82, 2.24) is 0 Å². The summed E-state index contributed by atoms with van der Waals surface area (Å²) in [5.41, 5.74) is 0. The molecule has 0 aliphatic heterocycles. The third-order valence-electron chi connectivity index (χ3n) is 0. The molecule has 1 radical (unpaired) electrons. The molecule has 0 heterocycles. The zero-order valence-electron chi connectivity index (χ0n) is 2.38. The molecule has 37 valence electrons. The van der Waals surface area contributed by atoms with Gasteiger partial charge >= 0.3 is 18.9 Å². The van der Waals surface area contributed by atoms with E-state index >= 15 is 0 Å². The van der Waals surface area contributed by atoms with Crippen LogP contribution >= 0.6 is 0 Å². The topological polar surface area (TPSA) is 94.5 Å². The van der Waals surface area contributed by atoms with Gasteiger partial charge in [-0.25, -0.2) is 0 Å². The van der Waals surface area contributed by atoms with Gasteiger partial charge in [0, 0.05) is 38.8 Å². The van der Waals surface area contributed by atoms with Crippen molar-refractivity contribution in [3.05, 3.63) is 0 Å². The van der Waals surface area contributed by atoms with Crippen LogP contribution in [0.15, 0.2) is 0 Å². The van der Waals surface area contributed by atoms with Crippen molar-refractivity contribution < 1.29 is 55.2 Å². The van der Waals surface area contributed by atoms with Gasteiger partial charge in [0.15, 0.2) is 0 Å². The number of rotatable bonds is 0. The van der Waals surface area contributed by atoms with Gasteiger partial charge in [-0.15, -0.1) is 0 Å². The van der Waals surface area contributed by atoms with Crippen LogP contribution in [0.2, 0.25) is 0 Å². The van der Waals surface area contributed by atoms with Crippen LogP contribution in [-0.4, -0.2) is 35.3 Å². The molecule has 6 heteroatoms. The van der Waals surface area contributed by atoms with Gasteiger partial charge < -0.3 is 16.4 Å². The Balaban J connectivity index is 0. The van der Waals surface area contributed by atoms with E-state index < -0.39 is 0 Å². The Morgan fingerprint density at radius 2 is 0.667 bits per heavy atom. The largest absolute Gasteiger partial charge is 0 e. The molecule has 0 bridgehead atoms. The minimum atomic E-state index is 0. The first kappa shape index (κ1) is 119. The molecule has 0 fully saturated rings. The summed E-state index contributed by atoms with van der Waals surface area (Å²) in [6, 6.07) is 0. The Bertz CT molecular complexity index is 10.8. The summed E-state index contributed by atoms with van der Waals surface area (Å²) in [6.07, 6.45) is 0. The number of hydrogen-bond donors (Lipinski definition) is 0. The van der Waals surface area contributed by atoms with Crippen LogP contribution in [0.3, 0.4) is 0 Å². The summed E-state index contributed by atoms with van der Waals surface area (Å²) in [7, 11) is 0. The predicted molar refractivity (Wildman–Crippen MR) is 18.0 cm³/mol. The van der Waals surface area contributed by atoms with Crippen molar-refractivity contribution in [3.8, 4) is 0 Å². The summed E-state index contributed by atoms with van der Waals surface area (Å²) in [5.74, 6) is 0. The average Bonchev–Trinajstić information content (AvgIpc) is 0. The Morgan fingerprint density at radius 3 is 0.667 bits per heavy atom. The van der Waals surface area contributed by atoms with Crippen molar-refractivity contribution >= 4 is 18.9 Å². The Labute approximate surface area is 73.7 Å². The molecule has 0 aromatic carbocycles. The second-order valence-corrected chi connectivity index (χ2v) is 0. The van der Waals surface area contributed by atoms with E-state index in [0.717, 1.165) is 0 Å². The first-order chi connectivity index (χ1) is 0. The first-order valence-corrected chi connectivity index (χ1v) is 0. The molecule has 0 aliphatic carbocycles. The van der Waals surface area contributed by atoms with Crippen LogP contribution in [0.5, 0.6) is 0 Å². The van der Waals surface area contributed by atoms with E-state index in [9.17, 15) is 0 Å². The van der Waals surface area contributed by atoms with Crippen LogP contribution in [0.25, 0.3) is 0 Å². The van der Waals surface area contributed by atoms with Gasteiger partial charge in [-0.1, -0.05) is 0 Å². The third kappa shape index (κ3) is 43.3. The molecule has 0 spiro atoms. The van der Waals surface area contributed by atoms with Gasteiger partial charge in [-0.05, 0) is 0 Å². The smallest absolute Gasteiger partial charge is 0 e. The van der Waals surface area contributed by atoms with Gasteiger partial charge in [0.25, 0.3) is 0 Å². The third-order valence-corrected chi connectivity index (χ3v) is 0. The SMILES string of the molecule is O.O.O.[LiH].[Mn].[Ti]. The van der Waals surface area contributed by atoms with E-state index in [4.69, 9.17) is 0 Å². The van der Waals surface area contributed by atoms with Gasteiger partial charge in [0.1, 0.15) is 0 Å². The maximum atomic E-state index is 0. The zero-order valence-corrected chi connectivity index (χ0v) is 5.12. The van der Waals surface area contributed by atoms with E-state index in [1.165, 1.54) is 0 Å². The minimum absolute atomic E-state index is 0. The van der Waals surface area contributed by atoms with Crippen LogP contribution in [0.4, 0.5) is 0 Å². The Hall–Kier alpha value is 1.71. The van der Waals surface area contributed by atoms with Crippen LogP contribution in [-0.2, 0) is 38.8 Å². The fourth-order valence-electron chi connectivity index (χ4n) is 0. The van der Waals surface area contributed by atoms with Crippen molar-refractivity contribution in [2.75, 3.05) is 0 Å². The zero-order chi connectivity index (χ0) is 0. The van der Waals surface area contributed by atoms with E-state index in [1.54, 1.807) is 0 Å². The Morgan fingerprint density at radius 1 is 0.667 bits per heavy atom. The van der Waals surface area contributed by atoms with Crippen molar-refractivity contribution in [3.63, 3.8) is 0 Å². The summed E-state index contributed by atoms with van der Waals surface area (Å²) in [5, 5.41) is 0. The van der Waals surface area contributed by atoms with Gasteiger partial charge in [-0.3, -0.25) is 0 Å². The second-order valence-electron chi connectivity index (χ2n) is 0. The maximum absolute atomic E-state index is 0. The molecule has 0 aromatic heterocycles. The number of hydrogen-bond acceptors (Lipinski definition) is 0. The molecule has 0 saturated carbocycles. The molecule has 0 aliphatic rings. The monoisotopic (exact) mass is 165 g/mol. The summed E-state index contributed by atoms with van der Waals surface area (Å²) in [6.45, 7) is 0. The minimum Gasteiger partial charge on any atom is 0 e. The van der Waals surface area contributed by atoms with Crippen LogP contribution in [0.1, 0.15) is 0 Å². The normalized spacial score (nSPS) is 0. The van der Waals surface area contributed by atoms with Crippen molar-refractivity contribution in [1.29, 1.82) is 0 Å². The summed E-state index contributed by atoms with van der Waals surface area (Å²) < 4.78 is 0. The average molecular weight is 165 g/mol. The fraction of sp³-hybridized carbons (Fsp3) is 0. The molecule has 0 unspecified atom stereocenters. The van der Waals surface area contributed by atoms with E-state index in [1.807, 2.05) is 0 Å². The molecule has 0 amide bonds. The van der Waals surface area contributed by atoms with E-state index in [-0.39, 0.29) is 74.1 Å². The maximum Gasteiger partial charge on any atom is 0 e. The van der Waals surface area contributed by atoms with Crippen molar-refractivity contribution in [2.24, 2.45) is 0 Å². The molecular weight excluding hydrogens is 158 g/mol.